The van der Waals surface area contributed by atoms with Crippen molar-refractivity contribution in [1.29, 1.82) is 0 Å². The highest BCUT2D eigenvalue weighted by Crippen LogP contribution is 2.27. The van der Waals surface area contributed by atoms with Crippen molar-refractivity contribution in [3.8, 4) is 0 Å². The maximum atomic E-state index is 11.0. The molecule has 5 heteroatoms. The molecule has 0 saturated carbocycles. The number of anilines is 1. The molecule has 0 atom stereocenters. The quantitative estimate of drug-likeness (QED) is 0.509. The largest absolute Gasteiger partial charge is 0.487 e. The van der Waals surface area contributed by atoms with E-state index in [2.05, 4.69) is 15.9 Å². The van der Waals surface area contributed by atoms with Gasteiger partial charge < -0.3 is 15.6 Å². The first kappa shape index (κ1) is 13.6. The number of rotatable bonds is 4. The van der Waals surface area contributed by atoms with Gasteiger partial charge in [-0.3, -0.25) is 0 Å². The molecule has 0 bridgehead atoms. The summed E-state index contributed by atoms with van der Waals surface area (Å²) in [6.45, 7) is 3.89. The fraction of sp³-hybridized carbons (Fsp3) is 0.250. The van der Waals surface area contributed by atoms with Gasteiger partial charge in [-0.25, -0.2) is 4.79 Å². The van der Waals surface area contributed by atoms with E-state index < -0.39 is 5.97 Å². The summed E-state index contributed by atoms with van der Waals surface area (Å²) >= 11 is 3.37. The van der Waals surface area contributed by atoms with Crippen LogP contribution in [0, 0.1) is 6.92 Å². The van der Waals surface area contributed by atoms with E-state index in [0.717, 1.165) is 10.0 Å². The van der Waals surface area contributed by atoms with Crippen molar-refractivity contribution in [2.24, 2.45) is 0 Å². The van der Waals surface area contributed by atoms with Crippen molar-refractivity contribution in [2.45, 2.75) is 13.8 Å². The summed E-state index contributed by atoms with van der Waals surface area (Å²) in [6, 6.07) is 3.54. The third-order valence-corrected chi connectivity index (χ3v) is 3.13. The molecule has 3 N–H and O–H groups in total. The summed E-state index contributed by atoms with van der Waals surface area (Å²) in [5, 5.41) is 8.97. The summed E-state index contributed by atoms with van der Waals surface area (Å²) in [7, 11) is 0. The van der Waals surface area contributed by atoms with Gasteiger partial charge in [-0.1, -0.05) is 15.9 Å². The van der Waals surface area contributed by atoms with Crippen LogP contribution in [0.1, 0.15) is 18.1 Å². The third-order valence-electron chi connectivity index (χ3n) is 2.27. The fourth-order valence-corrected chi connectivity index (χ4v) is 1.71. The number of benzene rings is 1. The van der Waals surface area contributed by atoms with Crippen LogP contribution in [0.15, 0.2) is 22.4 Å². The topological polar surface area (TPSA) is 72.5 Å². The molecule has 1 aromatic carbocycles. The number of nitrogen functional groups attached to an aromatic ring is 1. The van der Waals surface area contributed by atoms with Gasteiger partial charge in [0.05, 0.1) is 6.61 Å². The van der Waals surface area contributed by atoms with Crippen molar-refractivity contribution in [1.82, 2.24) is 0 Å². The van der Waals surface area contributed by atoms with E-state index in [1.54, 1.807) is 13.0 Å². The Hall–Kier alpha value is -1.49. The molecule has 0 fully saturated rings. The van der Waals surface area contributed by atoms with Gasteiger partial charge in [0.25, 0.3) is 0 Å². The molecule has 0 aliphatic heterocycles. The van der Waals surface area contributed by atoms with Gasteiger partial charge in [0.15, 0.2) is 0 Å². The Balaban J connectivity index is 3.28. The average molecular weight is 300 g/mol. The number of aliphatic carboxylic acids is 1. The molecular weight excluding hydrogens is 286 g/mol. The highest BCUT2D eigenvalue weighted by atomic mass is 79.9. The number of carbonyl (C=O) groups is 1. The standard InChI is InChI=1S/C12H14BrNO3/c1-3-17-11(12(15)16)6-8-7(2)9(13)4-5-10(8)14/h4-6H,3,14H2,1-2H3,(H,15,16)/b11-6-. The van der Waals surface area contributed by atoms with Gasteiger partial charge in [-0.05, 0) is 37.6 Å². The number of hydrogen-bond acceptors (Lipinski definition) is 3. The minimum Gasteiger partial charge on any atom is -0.487 e. The van der Waals surface area contributed by atoms with E-state index in [1.807, 2.05) is 13.0 Å². The lowest BCUT2D eigenvalue weighted by Crippen LogP contribution is -2.05. The number of carboxylic acids is 1. The third kappa shape index (κ3) is 3.23. The average Bonchev–Trinajstić information content (AvgIpc) is 2.28. The van der Waals surface area contributed by atoms with Crippen LogP contribution in [0.3, 0.4) is 0 Å². The second-order valence-corrected chi connectivity index (χ2v) is 4.28. The molecule has 0 radical (unpaired) electrons. The van der Waals surface area contributed by atoms with E-state index >= 15 is 0 Å². The molecule has 0 saturated heterocycles. The summed E-state index contributed by atoms with van der Waals surface area (Å²) in [5.74, 6) is -1.22. The lowest BCUT2D eigenvalue weighted by Gasteiger charge is -2.09. The van der Waals surface area contributed by atoms with E-state index in [0.29, 0.717) is 17.9 Å². The molecule has 0 aliphatic carbocycles. The van der Waals surface area contributed by atoms with Gasteiger partial charge in [0.1, 0.15) is 0 Å². The number of carboxylic acid groups (broad SMARTS) is 1. The zero-order valence-electron chi connectivity index (χ0n) is 9.66. The van der Waals surface area contributed by atoms with Crippen LogP contribution in [0.2, 0.25) is 0 Å². The summed E-state index contributed by atoms with van der Waals surface area (Å²) in [6.07, 6.45) is 1.45. The van der Waals surface area contributed by atoms with Crippen LogP contribution in [0.5, 0.6) is 0 Å². The Kier molecular flexibility index (Phi) is 4.57. The first-order chi connectivity index (χ1) is 7.97. The Morgan fingerprint density at radius 2 is 2.24 bits per heavy atom. The van der Waals surface area contributed by atoms with Gasteiger partial charge in [0, 0.05) is 15.7 Å². The molecule has 0 amide bonds. The minimum atomic E-state index is -1.11. The number of ether oxygens (including phenoxy) is 1. The zero-order chi connectivity index (χ0) is 13.0. The van der Waals surface area contributed by atoms with Gasteiger partial charge in [0.2, 0.25) is 5.76 Å². The molecule has 4 nitrogen and oxygen atoms in total. The lowest BCUT2D eigenvalue weighted by atomic mass is 10.1. The summed E-state index contributed by atoms with van der Waals surface area (Å²) in [4.78, 5) is 11.0. The van der Waals surface area contributed by atoms with E-state index in [9.17, 15) is 4.79 Å². The second-order valence-electron chi connectivity index (χ2n) is 3.42. The van der Waals surface area contributed by atoms with E-state index in [4.69, 9.17) is 15.6 Å². The van der Waals surface area contributed by atoms with Gasteiger partial charge in [-0.2, -0.15) is 0 Å². The van der Waals surface area contributed by atoms with Crippen molar-refractivity contribution in [2.75, 3.05) is 12.3 Å². The Morgan fingerprint density at radius 3 is 2.76 bits per heavy atom. The minimum absolute atomic E-state index is 0.111. The van der Waals surface area contributed by atoms with Crippen LogP contribution in [0.4, 0.5) is 5.69 Å². The van der Waals surface area contributed by atoms with Crippen LogP contribution in [-0.2, 0) is 9.53 Å². The maximum Gasteiger partial charge on any atom is 0.371 e. The van der Waals surface area contributed by atoms with E-state index in [1.165, 1.54) is 6.08 Å². The number of halogens is 1. The summed E-state index contributed by atoms with van der Waals surface area (Å²) in [5.41, 5.74) is 7.87. The van der Waals surface area contributed by atoms with Crippen LogP contribution in [0.25, 0.3) is 6.08 Å². The smallest absolute Gasteiger partial charge is 0.371 e. The normalized spacial score (nSPS) is 11.4. The molecule has 17 heavy (non-hydrogen) atoms. The Bertz CT molecular complexity index is 469. The molecule has 1 aromatic rings. The molecule has 0 spiro atoms. The SMILES string of the molecule is CCO/C(=C\c1c(N)ccc(Br)c1C)C(=O)O. The maximum absolute atomic E-state index is 11.0. The van der Waals surface area contributed by atoms with E-state index in [-0.39, 0.29) is 5.76 Å². The molecule has 0 heterocycles. The predicted octanol–water partition coefficient (Wildman–Crippen LogP) is 2.80. The zero-order valence-corrected chi connectivity index (χ0v) is 11.2. The molecule has 92 valence electrons. The Morgan fingerprint density at radius 1 is 1.59 bits per heavy atom. The van der Waals surface area contributed by atoms with Crippen LogP contribution < -0.4 is 5.73 Å². The molecule has 0 aliphatic rings. The van der Waals surface area contributed by atoms with Gasteiger partial charge in [-0.15, -0.1) is 0 Å². The highest BCUT2D eigenvalue weighted by molar-refractivity contribution is 9.10. The van der Waals surface area contributed by atoms with Crippen molar-refractivity contribution in [3.63, 3.8) is 0 Å². The first-order valence-corrected chi connectivity index (χ1v) is 5.89. The van der Waals surface area contributed by atoms with Crippen molar-refractivity contribution < 1.29 is 14.6 Å². The number of hydrogen-bond donors (Lipinski definition) is 2. The monoisotopic (exact) mass is 299 g/mol. The summed E-state index contributed by atoms with van der Waals surface area (Å²) < 4.78 is 5.92. The first-order valence-electron chi connectivity index (χ1n) is 5.09. The predicted molar refractivity (Wildman–Crippen MR) is 70.5 cm³/mol. The second kappa shape index (κ2) is 5.72. The van der Waals surface area contributed by atoms with Crippen LogP contribution in [-0.4, -0.2) is 17.7 Å². The molecule has 1 rings (SSSR count). The fourth-order valence-electron chi connectivity index (χ4n) is 1.37. The van der Waals surface area contributed by atoms with Crippen molar-refractivity contribution >= 4 is 33.7 Å². The lowest BCUT2D eigenvalue weighted by molar-refractivity contribution is -0.136. The van der Waals surface area contributed by atoms with Gasteiger partial charge >= 0.3 is 5.97 Å². The van der Waals surface area contributed by atoms with Crippen molar-refractivity contribution in [3.05, 3.63) is 33.5 Å². The highest BCUT2D eigenvalue weighted by Gasteiger charge is 2.11. The number of nitrogens with two attached hydrogens (primary N) is 1. The molecule has 0 aromatic heterocycles. The molecule has 0 unspecified atom stereocenters. The Labute approximate surface area is 108 Å². The molecular formula is C12H14BrNO3. The van der Waals surface area contributed by atoms with Crippen LogP contribution >= 0.6 is 15.9 Å².